The molecule has 3 atom stereocenters. The van der Waals surface area contributed by atoms with Crippen molar-refractivity contribution in [2.45, 2.75) is 89.1 Å². The fourth-order valence-corrected chi connectivity index (χ4v) is 5.25. The third-order valence-corrected chi connectivity index (χ3v) is 7.46. The summed E-state index contributed by atoms with van der Waals surface area (Å²) in [5.74, 6) is -0.960. The van der Waals surface area contributed by atoms with Gasteiger partial charge in [0.25, 0.3) is 0 Å². The van der Waals surface area contributed by atoms with Crippen LogP contribution in [0.4, 0.5) is 4.39 Å². The minimum Gasteiger partial charge on any atom is -0.481 e. The van der Waals surface area contributed by atoms with Crippen LogP contribution in [0.15, 0.2) is 54.6 Å². The van der Waals surface area contributed by atoms with E-state index >= 15 is 4.39 Å². The molecule has 1 N–H and O–H groups in total. The number of ether oxygens (including phenoxy) is 1. The van der Waals surface area contributed by atoms with E-state index in [9.17, 15) is 9.90 Å². The van der Waals surface area contributed by atoms with Crippen molar-refractivity contribution in [3.05, 3.63) is 60.2 Å². The first-order valence-corrected chi connectivity index (χ1v) is 13.2. The molecule has 1 unspecified atom stereocenters. The number of benzene rings is 2. The first-order valence-electron chi connectivity index (χ1n) is 13.2. The standard InChI is InChI=1S/C30H41FO3/c1-2-3-4-5-10-21-34-22-11-9-14-26-19-20-30(29(32)33,23-28(26)31)27-17-15-25(16-18-27)24-12-7-6-8-13-24/h6-8,12-13,15-18,26,28H,2-5,9-11,14,19-23H2,1H3,(H,32,33)/t26-,28?,30-/m1/s1. The molecule has 0 saturated heterocycles. The highest BCUT2D eigenvalue weighted by Crippen LogP contribution is 2.45. The van der Waals surface area contributed by atoms with E-state index in [0.717, 1.165) is 50.0 Å². The van der Waals surface area contributed by atoms with E-state index in [4.69, 9.17) is 4.74 Å². The molecular weight excluding hydrogens is 427 g/mol. The van der Waals surface area contributed by atoms with Gasteiger partial charge in [-0.25, -0.2) is 4.39 Å². The maximum absolute atomic E-state index is 15.2. The Morgan fingerprint density at radius 1 is 0.941 bits per heavy atom. The summed E-state index contributed by atoms with van der Waals surface area (Å²) < 4.78 is 20.9. The first-order chi connectivity index (χ1) is 16.6. The average molecular weight is 469 g/mol. The zero-order valence-electron chi connectivity index (χ0n) is 20.7. The van der Waals surface area contributed by atoms with Crippen molar-refractivity contribution in [1.29, 1.82) is 0 Å². The highest BCUT2D eigenvalue weighted by atomic mass is 19.1. The van der Waals surface area contributed by atoms with E-state index in [1.807, 2.05) is 54.6 Å². The molecule has 1 saturated carbocycles. The summed E-state index contributed by atoms with van der Waals surface area (Å²) >= 11 is 0. The Balaban J connectivity index is 1.46. The summed E-state index contributed by atoms with van der Waals surface area (Å²) in [5, 5.41) is 10.1. The highest BCUT2D eigenvalue weighted by Gasteiger charge is 2.47. The Kier molecular flexibility index (Phi) is 10.6. The zero-order valence-corrected chi connectivity index (χ0v) is 20.7. The Hall–Kier alpha value is -2.20. The Labute approximate surface area is 204 Å². The van der Waals surface area contributed by atoms with Gasteiger partial charge < -0.3 is 9.84 Å². The molecule has 0 bridgehead atoms. The van der Waals surface area contributed by atoms with Crippen LogP contribution in [0.5, 0.6) is 0 Å². The molecule has 0 spiro atoms. The summed E-state index contributed by atoms with van der Waals surface area (Å²) in [5.41, 5.74) is 1.71. The molecule has 1 aliphatic carbocycles. The van der Waals surface area contributed by atoms with Crippen LogP contribution in [0.2, 0.25) is 0 Å². The Morgan fingerprint density at radius 3 is 2.24 bits per heavy atom. The normalized spacial score (nSPS) is 22.5. The number of halogens is 1. The van der Waals surface area contributed by atoms with Gasteiger partial charge in [-0.1, -0.05) is 93.6 Å². The predicted molar refractivity (Wildman–Crippen MR) is 137 cm³/mol. The number of aliphatic carboxylic acids is 1. The van der Waals surface area contributed by atoms with Gasteiger partial charge in [0.1, 0.15) is 6.17 Å². The van der Waals surface area contributed by atoms with E-state index in [0.29, 0.717) is 18.4 Å². The fraction of sp³-hybridized carbons (Fsp3) is 0.567. The van der Waals surface area contributed by atoms with Gasteiger partial charge in [-0.05, 0) is 61.1 Å². The second-order valence-electron chi connectivity index (χ2n) is 9.87. The van der Waals surface area contributed by atoms with Crippen LogP contribution >= 0.6 is 0 Å². The Bertz CT molecular complexity index is 851. The lowest BCUT2D eigenvalue weighted by Crippen LogP contribution is -2.44. The topological polar surface area (TPSA) is 46.5 Å². The van der Waals surface area contributed by atoms with Gasteiger partial charge >= 0.3 is 5.97 Å². The van der Waals surface area contributed by atoms with Gasteiger partial charge in [0, 0.05) is 13.2 Å². The van der Waals surface area contributed by atoms with Crippen molar-refractivity contribution in [1.82, 2.24) is 0 Å². The third-order valence-electron chi connectivity index (χ3n) is 7.46. The quantitative estimate of drug-likeness (QED) is 0.286. The number of unbranched alkanes of at least 4 members (excludes halogenated alkanes) is 5. The monoisotopic (exact) mass is 468 g/mol. The molecule has 3 rings (SSSR count). The van der Waals surface area contributed by atoms with E-state index in [1.165, 1.54) is 25.7 Å². The van der Waals surface area contributed by atoms with Crippen molar-refractivity contribution < 1.29 is 19.0 Å². The SMILES string of the molecule is CCCCCCCOCCCC[C@@H]1CC[C@](C(=O)O)(c2ccc(-c3ccccc3)cc2)CC1F. The van der Waals surface area contributed by atoms with E-state index < -0.39 is 17.6 Å². The first kappa shape index (κ1) is 26.4. The molecule has 34 heavy (non-hydrogen) atoms. The summed E-state index contributed by atoms with van der Waals surface area (Å²) in [7, 11) is 0. The average Bonchev–Trinajstić information content (AvgIpc) is 2.86. The molecule has 3 nitrogen and oxygen atoms in total. The van der Waals surface area contributed by atoms with Crippen molar-refractivity contribution in [2.24, 2.45) is 5.92 Å². The molecular formula is C30H41FO3. The lowest BCUT2D eigenvalue weighted by atomic mass is 9.65. The predicted octanol–water partition coefficient (Wildman–Crippen LogP) is 7.97. The fourth-order valence-electron chi connectivity index (χ4n) is 5.25. The van der Waals surface area contributed by atoms with Crippen LogP contribution in [0.1, 0.15) is 83.1 Å². The number of carbonyl (C=O) groups is 1. The van der Waals surface area contributed by atoms with Crippen LogP contribution in [-0.4, -0.2) is 30.5 Å². The largest absolute Gasteiger partial charge is 0.481 e. The maximum atomic E-state index is 15.2. The van der Waals surface area contributed by atoms with Crippen LogP contribution in [0.3, 0.4) is 0 Å². The second kappa shape index (κ2) is 13.6. The number of carboxylic acids is 1. The molecule has 0 heterocycles. The molecule has 186 valence electrons. The summed E-state index contributed by atoms with van der Waals surface area (Å²) in [6.45, 7) is 3.78. The van der Waals surface area contributed by atoms with Gasteiger partial charge in [-0.15, -0.1) is 0 Å². The van der Waals surface area contributed by atoms with Crippen molar-refractivity contribution >= 4 is 5.97 Å². The van der Waals surface area contributed by atoms with Crippen molar-refractivity contribution in [3.8, 4) is 11.1 Å². The van der Waals surface area contributed by atoms with Crippen molar-refractivity contribution in [3.63, 3.8) is 0 Å². The molecule has 0 amide bonds. The van der Waals surface area contributed by atoms with Crippen LogP contribution in [-0.2, 0) is 14.9 Å². The smallest absolute Gasteiger partial charge is 0.314 e. The van der Waals surface area contributed by atoms with E-state index in [2.05, 4.69) is 6.92 Å². The lowest BCUT2D eigenvalue weighted by molar-refractivity contribution is -0.147. The maximum Gasteiger partial charge on any atom is 0.314 e. The van der Waals surface area contributed by atoms with E-state index in [-0.39, 0.29) is 12.3 Å². The van der Waals surface area contributed by atoms with Gasteiger partial charge in [0.05, 0.1) is 5.41 Å². The number of hydrogen-bond donors (Lipinski definition) is 1. The van der Waals surface area contributed by atoms with Gasteiger partial charge in [0.15, 0.2) is 0 Å². The molecule has 4 heteroatoms. The summed E-state index contributed by atoms with van der Waals surface area (Å²) in [6.07, 6.45) is 8.98. The molecule has 1 aliphatic rings. The van der Waals surface area contributed by atoms with Gasteiger partial charge in [-0.2, -0.15) is 0 Å². The number of hydrogen-bond acceptors (Lipinski definition) is 2. The minimum absolute atomic E-state index is 0.0508. The molecule has 0 aliphatic heterocycles. The minimum atomic E-state index is -1.13. The summed E-state index contributed by atoms with van der Waals surface area (Å²) in [4.78, 5) is 12.3. The van der Waals surface area contributed by atoms with Crippen molar-refractivity contribution in [2.75, 3.05) is 13.2 Å². The number of rotatable bonds is 14. The second-order valence-corrected chi connectivity index (χ2v) is 9.87. The molecule has 0 radical (unpaired) electrons. The van der Waals surface area contributed by atoms with Gasteiger partial charge in [0.2, 0.25) is 0 Å². The highest BCUT2D eigenvalue weighted by molar-refractivity contribution is 5.82. The molecule has 2 aromatic carbocycles. The van der Waals surface area contributed by atoms with E-state index in [1.54, 1.807) is 0 Å². The number of carboxylic acid groups (broad SMARTS) is 1. The molecule has 0 aromatic heterocycles. The van der Waals surface area contributed by atoms with Crippen LogP contribution in [0.25, 0.3) is 11.1 Å². The van der Waals surface area contributed by atoms with Crippen LogP contribution < -0.4 is 0 Å². The zero-order chi connectivity index (χ0) is 24.2. The van der Waals surface area contributed by atoms with Gasteiger partial charge in [-0.3, -0.25) is 4.79 Å². The third kappa shape index (κ3) is 7.15. The molecule has 1 fully saturated rings. The number of alkyl halides is 1. The summed E-state index contributed by atoms with van der Waals surface area (Å²) in [6, 6.07) is 17.7. The van der Waals surface area contributed by atoms with Crippen LogP contribution in [0, 0.1) is 5.92 Å². The lowest BCUT2D eigenvalue weighted by Gasteiger charge is -2.39. The molecule has 2 aromatic rings. The Morgan fingerprint density at radius 2 is 1.59 bits per heavy atom.